The summed E-state index contributed by atoms with van der Waals surface area (Å²) in [6, 6.07) is 17.0. The Balaban J connectivity index is 1.65. The lowest BCUT2D eigenvalue weighted by Gasteiger charge is -2.11. The van der Waals surface area contributed by atoms with Crippen molar-refractivity contribution in [1.82, 2.24) is 0 Å². The molecule has 3 aromatic rings. The van der Waals surface area contributed by atoms with Crippen LogP contribution in [0, 0.1) is 5.82 Å². The third-order valence-electron chi connectivity index (χ3n) is 4.40. The van der Waals surface area contributed by atoms with E-state index < -0.39 is 17.8 Å². The largest absolute Gasteiger partial charge is 0.462 e. The number of ether oxygens (including phenoxy) is 2. The normalized spacial score (nSPS) is 10.8. The molecule has 0 fully saturated rings. The number of nitrogens with zero attached hydrogens (tertiary/aromatic N) is 3. The number of benzene rings is 3. The minimum atomic E-state index is -0.685. The molecule has 32 heavy (non-hydrogen) atoms. The van der Waals surface area contributed by atoms with Crippen LogP contribution in [0.3, 0.4) is 0 Å². The molecular weight excluding hydrogens is 413 g/mol. The number of hydrogen-bond acceptors (Lipinski definition) is 7. The molecule has 0 saturated carbocycles. The highest BCUT2D eigenvalue weighted by atomic mass is 19.1. The summed E-state index contributed by atoms with van der Waals surface area (Å²) >= 11 is 0. The lowest BCUT2D eigenvalue weighted by molar-refractivity contribution is 0.0525. The minimum Gasteiger partial charge on any atom is -0.462 e. The van der Waals surface area contributed by atoms with E-state index in [0.717, 1.165) is 11.8 Å². The van der Waals surface area contributed by atoms with Gasteiger partial charge in [-0.3, -0.25) is 0 Å². The summed E-state index contributed by atoms with van der Waals surface area (Å²) < 4.78 is 24.5. The first-order valence-electron chi connectivity index (χ1n) is 9.85. The van der Waals surface area contributed by atoms with Crippen molar-refractivity contribution in [3.05, 3.63) is 83.7 Å². The van der Waals surface area contributed by atoms with Gasteiger partial charge >= 0.3 is 11.9 Å². The second-order valence-electron chi connectivity index (χ2n) is 6.91. The molecule has 3 aromatic carbocycles. The number of azo groups is 1. The van der Waals surface area contributed by atoms with Crippen molar-refractivity contribution in [2.45, 2.75) is 6.92 Å². The van der Waals surface area contributed by atoms with Crippen LogP contribution in [0.1, 0.15) is 27.6 Å². The molecule has 0 aliphatic carbocycles. The van der Waals surface area contributed by atoms with Gasteiger partial charge in [0.2, 0.25) is 0 Å². The van der Waals surface area contributed by atoms with E-state index >= 15 is 0 Å². The smallest absolute Gasteiger partial charge is 0.343 e. The van der Waals surface area contributed by atoms with Gasteiger partial charge in [-0.05, 0) is 67.6 Å². The quantitative estimate of drug-likeness (QED) is 0.270. The zero-order chi connectivity index (χ0) is 23.1. The average Bonchev–Trinajstić information content (AvgIpc) is 2.79. The van der Waals surface area contributed by atoms with Crippen LogP contribution in [0.4, 0.5) is 21.5 Å². The Morgan fingerprint density at radius 3 is 2.06 bits per heavy atom. The van der Waals surface area contributed by atoms with Crippen LogP contribution >= 0.6 is 0 Å². The van der Waals surface area contributed by atoms with Crippen LogP contribution in [0.25, 0.3) is 0 Å². The van der Waals surface area contributed by atoms with Crippen LogP contribution in [-0.4, -0.2) is 32.6 Å². The maximum absolute atomic E-state index is 14.4. The molecule has 0 aliphatic heterocycles. The number of carbonyl (C=O) groups excluding carboxylic acids is 2. The summed E-state index contributed by atoms with van der Waals surface area (Å²) in [6.45, 7) is 1.96. The predicted molar refractivity (Wildman–Crippen MR) is 119 cm³/mol. The molecule has 0 unspecified atom stereocenters. The maximum Gasteiger partial charge on any atom is 0.343 e. The van der Waals surface area contributed by atoms with Gasteiger partial charge in [-0.25, -0.2) is 14.0 Å². The molecule has 0 amide bonds. The Morgan fingerprint density at radius 2 is 1.50 bits per heavy atom. The first kappa shape index (κ1) is 22.6. The highest BCUT2D eigenvalue weighted by molar-refractivity contribution is 5.94. The van der Waals surface area contributed by atoms with Crippen molar-refractivity contribution >= 4 is 29.0 Å². The van der Waals surface area contributed by atoms with Crippen LogP contribution in [0.5, 0.6) is 5.75 Å². The molecule has 0 bridgehead atoms. The standard InChI is InChI=1S/C24H22FN3O4/c1-4-31-23(29)16-5-7-17(8-6-16)24(30)32-20-13-14-22(21(25)15-20)27-26-18-9-11-19(12-10-18)28(2)3/h5-15H,4H2,1-3H3. The van der Waals surface area contributed by atoms with Crippen molar-refractivity contribution in [2.24, 2.45) is 10.2 Å². The number of anilines is 1. The van der Waals surface area contributed by atoms with E-state index in [1.54, 1.807) is 19.1 Å². The average molecular weight is 435 g/mol. The van der Waals surface area contributed by atoms with Gasteiger partial charge in [0.15, 0.2) is 5.82 Å². The van der Waals surface area contributed by atoms with Crippen molar-refractivity contribution in [2.75, 3.05) is 25.6 Å². The summed E-state index contributed by atoms with van der Waals surface area (Å²) in [4.78, 5) is 25.9. The number of esters is 2. The van der Waals surface area contributed by atoms with Crippen LogP contribution < -0.4 is 9.64 Å². The molecule has 7 nitrogen and oxygen atoms in total. The fourth-order valence-electron chi connectivity index (χ4n) is 2.68. The van der Waals surface area contributed by atoms with Gasteiger partial charge in [0.05, 0.1) is 23.4 Å². The van der Waals surface area contributed by atoms with E-state index in [2.05, 4.69) is 10.2 Å². The first-order chi connectivity index (χ1) is 15.4. The topological polar surface area (TPSA) is 80.6 Å². The zero-order valence-electron chi connectivity index (χ0n) is 17.9. The zero-order valence-corrected chi connectivity index (χ0v) is 17.9. The molecule has 0 aromatic heterocycles. The van der Waals surface area contributed by atoms with Gasteiger partial charge in [0.25, 0.3) is 0 Å². The molecule has 0 saturated heterocycles. The van der Waals surface area contributed by atoms with Gasteiger partial charge < -0.3 is 14.4 Å². The molecule has 0 atom stereocenters. The van der Waals surface area contributed by atoms with E-state index in [1.807, 2.05) is 31.1 Å². The lowest BCUT2D eigenvalue weighted by atomic mass is 10.1. The fourth-order valence-corrected chi connectivity index (χ4v) is 2.68. The molecule has 164 valence electrons. The lowest BCUT2D eigenvalue weighted by Crippen LogP contribution is -2.10. The van der Waals surface area contributed by atoms with Gasteiger partial charge in [0, 0.05) is 25.8 Å². The third-order valence-corrected chi connectivity index (χ3v) is 4.40. The van der Waals surface area contributed by atoms with E-state index in [0.29, 0.717) is 11.3 Å². The summed E-state index contributed by atoms with van der Waals surface area (Å²) in [7, 11) is 3.86. The van der Waals surface area contributed by atoms with E-state index in [-0.39, 0.29) is 23.6 Å². The van der Waals surface area contributed by atoms with Crippen molar-refractivity contribution in [1.29, 1.82) is 0 Å². The number of hydrogen-bond donors (Lipinski definition) is 0. The molecule has 0 N–H and O–H groups in total. The van der Waals surface area contributed by atoms with Crippen LogP contribution in [0.15, 0.2) is 77.0 Å². The highest BCUT2D eigenvalue weighted by Gasteiger charge is 2.13. The monoisotopic (exact) mass is 435 g/mol. The SMILES string of the molecule is CCOC(=O)c1ccc(C(=O)Oc2ccc(N=Nc3ccc(N(C)C)cc3)c(F)c2)cc1. The molecule has 3 rings (SSSR count). The Hall–Kier alpha value is -4.07. The Bertz CT molecular complexity index is 1130. The minimum absolute atomic E-state index is 0.0141. The summed E-state index contributed by atoms with van der Waals surface area (Å²) in [5.74, 6) is -1.82. The summed E-state index contributed by atoms with van der Waals surface area (Å²) in [5.41, 5.74) is 2.14. The first-order valence-corrected chi connectivity index (χ1v) is 9.85. The van der Waals surface area contributed by atoms with E-state index in [9.17, 15) is 14.0 Å². The second-order valence-corrected chi connectivity index (χ2v) is 6.91. The van der Waals surface area contributed by atoms with Gasteiger partial charge in [0.1, 0.15) is 11.4 Å². The van der Waals surface area contributed by atoms with E-state index in [4.69, 9.17) is 9.47 Å². The molecule has 8 heteroatoms. The Labute approximate surface area is 185 Å². The van der Waals surface area contributed by atoms with Crippen molar-refractivity contribution in [3.63, 3.8) is 0 Å². The Morgan fingerprint density at radius 1 is 0.875 bits per heavy atom. The van der Waals surface area contributed by atoms with Gasteiger partial charge in [-0.2, -0.15) is 5.11 Å². The molecule has 0 aliphatic rings. The highest BCUT2D eigenvalue weighted by Crippen LogP contribution is 2.26. The van der Waals surface area contributed by atoms with Crippen molar-refractivity contribution in [3.8, 4) is 5.75 Å². The molecule has 0 radical (unpaired) electrons. The predicted octanol–water partition coefficient (Wildman–Crippen LogP) is 5.70. The van der Waals surface area contributed by atoms with Crippen LogP contribution in [-0.2, 0) is 4.74 Å². The number of carbonyl (C=O) groups is 2. The molecular formula is C24H22FN3O4. The molecule has 0 spiro atoms. The summed E-state index contributed by atoms with van der Waals surface area (Å²) in [5, 5.41) is 7.95. The second kappa shape index (κ2) is 10.3. The number of halogens is 1. The van der Waals surface area contributed by atoms with E-state index in [1.165, 1.54) is 36.4 Å². The summed E-state index contributed by atoms with van der Waals surface area (Å²) in [6.07, 6.45) is 0. The molecule has 0 heterocycles. The van der Waals surface area contributed by atoms with Crippen LogP contribution in [0.2, 0.25) is 0 Å². The Kier molecular flexibility index (Phi) is 7.28. The van der Waals surface area contributed by atoms with Crippen molar-refractivity contribution < 1.29 is 23.5 Å². The number of rotatable bonds is 7. The van der Waals surface area contributed by atoms with Gasteiger partial charge in [-0.15, -0.1) is 5.11 Å². The maximum atomic E-state index is 14.4. The van der Waals surface area contributed by atoms with Gasteiger partial charge in [-0.1, -0.05) is 0 Å². The third kappa shape index (κ3) is 5.75. The fraction of sp³-hybridized carbons (Fsp3) is 0.167.